The smallest absolute Gasteiger partial charge is 0.256 e. The van der Waals surface area contributed by atoms with E-state index in [4.69, 9.17) is 19.0 Å². The number of carbonyl (C=O) groups is 3. The molecule has 0 spiro atoms. The number of thioether (sulfide) groups is 1. The monoisotopic (exact) mass is 679 g/mol. The first-order chi connectivity index (χ1) is 22.7. The van der Waals surface area contributed by atoms with Gasteiger partial charge < -0.3 is 33.7 Å². The second-order valence-electron chi connectivity index (χ2n) is 10.6. The van der Waals surface area contributed by atoms with Crippen molar-refractivity contribution in [2.24, 2.45) is 0 Å². The molecular weight excluding hydrogens is 635 g/mol. The molecule has 0 unspecified atom stereocenters. The zero-order chi connectivity index (χ0) is 34.9. The van der Waals surface area contributed by atoms with Gasteiger partial charge in [0.05, 0.1) is 17.9 Å². The summed E-state index contributed by atoms with van der Waals surface area (Å²) in [6.07, 6.45) is 6.09. The number of piperidine rings is 1. The maximum Gasteiger partial charge on any atom is 0.256 e. The minimum atomic E-state index is -1.49. The molecular formula is C34H44F3N3O6S. The van der Waals surface area contributed by atoms with Crippen LogP contribution in [-0.2, 0) is 16.1 Å². The van der Waals surface area contributed by atoms with Crippen molar-refractivity contribution in [2.75, 3.05) is 64.9 Å². The molecule has 0 saturated carbocycles. The summed E-state index contributed by atoms with van der Waals surface area (Å²) in [6.45, 7) is 7.28. The molecule has 2 aromatic rings. The Bertz CT molecular complexity index is 1350. The number of alkyl halides is 2. The van der Waals surface area contributed by atoms with E-state index >= 15 is 4.39 Å². The summed E-state index contributed by atoms with van der Waals surface area (Å²) in [7, 11) is 3.37. The molecule has 0 radical (unpaired) electrons. The first kappa shape index (κ1) is 39.1. The Morgan fingerprint density at radius 1 is 1.09 bits per heavy atom. The Morgan fingerprint density at radius 2 is 1.77 bits per heavy atom. The lowest BCUT2D eigenvalue weighted by Gasteiger charge is -2.37. The summed E-state index contributed by atoms with van der Waals surface area (Å²) >= 11 is 1.56. The summed E-state index contributed by atoms with van der Waals surface area (Å²) in [6, 6.07) is 7.73. The van der Waals surface area contributed by atoms with E-state index in [2.05, 4.69) is 6.58 Å². The van der Waals surface area contributed by atoms with Gasteiger partial charge in [0.2, 0.25) is 6.41 Å². The molecule has 0 N–H and O–H groups in total. The van der Waals surface area contributed by atoms with Crippen LogP contribution < -0.4 is 19.1 Å². The zero-order valence-corrected chi connectivity index (χ0v) is 28.2. The van der Waals surface area contributed by atoms with Gasteiger partial charge in [0, 0.05) is 50.7 Å². The first-order valence-electron chi connectivity index (χ1n) is 15.0. The van der Waals surface area contributed by atoms with Gasteiger partial charge in [-0.25, -0.2) is 13.2 Å². The molecule has 1 aliphatic rings. The molecule has 258 valence electrons. The molecule has 1 fully saturated rings. The van der Waals surface area contributed by atoms with Crippen LogP contribution in [0.2, 0.25) is 0 Å². The standard InChI is InChI=1S/C33H42F3N3O5S.CH2O/c1-6-8-26(45-5)21-43-30-10-9-23(15-32(30)42-7-2)20-37(3)33(41)27-16-31(44-25(18-34)19-35)28(36)17-29(27)38(4)24-11-13-39(22-40)14-12-24;1-2/h6,8-10,15-17,22,24-25H,1,7,11-14,18-21H2,2-5H3;1H2/b26-8-;. The van der Waals surface area contributed by atoms with Gasteiger partial charge in [-0.2, -0.15) is 0 Å². The number of rotatable bonds is 17. The van der Waals surface area contributed by atoms with E-state index in [1.165, 1.54) is 17.0 Å². The van der Waals surface area contributed by atoms with Crippen molar-refractivity contribution in [3.63, 3.8) is 0 Å². The van der Waals surface area contributed by atoms with Crippen LogP contribution in [0, 0.1) is 5.82 Å². The molecule has 0 aromatic heterocycles. The highest BCUT2D eigenvalue weighted by Gasteiger charge is 2.28. The van der Waals surface area contributed by atoms with Crippen LogP contribution >= 0.6 is 11.8 Å². The van der Waals surface area contributed by atoms with Gasteiger partial charge in [-0.1, -0.05) is 18.7 Å². The van der Waals surface area contributed by atoms with Gasteiger partial charge in [-0.3, -0.25) is 9.59 Å². The quantitative estimate of drug-likeness (QED) is 0.152. The molecule has 0 atom stereocenters. The molecule has 13 heteroatoms. The van der Waals surface area contributed by atoms with Crippen molar-refractivity contribution >= 4 is 36.6 Å². The summed E-state index contributed by atoms with van der Waals surface area (Å²) in [5, 5.41) is 0. The molecule has 9 nitrogen and oxygen atoms in total. The van der Waals surface area contributed by atoms with Crippen molar-refractivity contribution in [1.29, 1.82) is 0 Å². The van der Waals surface area contributed by atoms with Crippen LogP contribution in [0.1, 0.15) is 35.7 Å². The average Bonchev–Trinajstić information content (AvgIpc) is 3.10. The second kappa shape index (κ2) is 20.2. The van der Waals surface area contributed by atoms with Crippen LogP contribution in [0.25, 0.3) is 0 Å². The lowest BCUT2D eigenvalue weighted by atomic mass is 10.0. The largest absolute Gasteiger partial charge is 0.490 e. The number of carbonyl (C=O) groups excluding carboxylic acids is 3. The van der Waals surface area contributed by atoms with E-state index in [1.807, 2.05) is 37.0 Å². The zero-order valence-electron chi connectivity index (χ0n) is 27.4. The minimum absolute atomic E-state index is 0.0668. The topological polar surface area (TPSA) is 88.6 Å². The molecule has 47 heavy (non-hydrogen) atoms. The fourth-order valence-electron chi connectivity index (χ4n) is 5.00. The van der Waals surface area contributed by atoms with Gasteiger partial charge in [0.25, 0.3) is 5.91 Å². The van der Waals surface area contributed by atoms with E-state index in [9.17, 15) is 18.4 Å². The number of benzene rings is 2. The number of ether oxygens (including phenoxy) is 3. The number of allylic oxidation sites excluding steroid dienone is 2. The summed E-state index contributed by atoms with van der Waals surface area (Å²) in [5.74, 6) is -0.605. The van der Waals surface area contributed by atoms with Crippen LogP contribution in [-0.4, -0.2) is 101 Å². The maximum atomic E-state index is 15.2. The van der Waals surface area contributed by atoms with E-state index < -0.39 is 36.9 Å². The van der Waals surface area contributed by atoms with Crippen molar-refractivity contribution in [3.05, 3.63) is 70.9 Å². The molecule has 1 aliphatic heterocycles. The number of amides is 2. The molecule has 1 heterocycles. The summed E-state index contributed by atoms with van der Waals surface area (Å²) < 4.78 is 58.8. The molecule has 0 aliphatic carbocycles. The average molecular weight is 680 g/mol. The number of hydrogen-bond donors (Lipinski definition) is 0. The van der Waals surface area contributed by atoms with Crippen molar-refractivity contribution < 1.29 is 41.8 Å². The highest BCUT2D eigenvalue weighted by molar-refractivity contribution is 8.02. The second-order valence-corrected chi connectivity index (χ2v) is 11.5. The van der Waals surface area contributed by atoms with Crippen LogP contribution in [0.4, 0.5) is 18.9 Å². The lowest BCUT2D eigenvalue weighted by molar-refractivity contribution is -0.119. The molecule has 3 rings (SSSR count). The molecule has 0 bridgehead atoms. The number of hydrogen-bond acceptors (Lipinski definition) is 8. The SMILES string of the molecule is C=C/C=C(/COc1ccc(CN(C)C(=O)c2cc(OC(CF)CF)c(F)cc2N(C)C2CCN(C=O)CC2)cc1OCC)SC.C=O. The highest BCUT2D eigenvalue weighted by Crippen LogP contribution is 2.34. The summed E-state index contributed by atoms with van der Waals surface area (Å²) in [5.41, 5.74) is 1.20. The van der Waals surface area contributed by atoms with Crippen molar-refractivity contribution in [3.8, 4) is 17.2 Å². The van der Waals surface area contributed by atoms with Crippen LogP contribution in [0.5, 0.6) is 17.2 Å². The number of anilines is 1. The highest BCUT2D eigenvalue weighted by atomic mass is 32.2. The molecule has 2 aromatic carbocycles. The Morgan fingerprint density at radius 3 is 2.34 bits per heavy atom. The predicted molar refractivity (Wildman–Crippen MR) is 180 cm³/mol. The van der Waals surface area contributed by atoms with Gasteiger partial charge in [-0.15, -0.1) is 11.8 Å². The Labute approximate surface area is 279 Å². The fourth-order valence-corrected chi connectivity index (χ4v) is 5.41. The fraction of sp³-hybridized carbons (Fsp3) is 0.441. The van der Waals surface area contributed by atoms with Gasteiger partial charge in [0.1, 0.15) is 26.7 Å². The first-order valence-corrected chi connectivity index (χ1v) is 16.2. The van der Waals surface area contributed by atoms with Gasteiger partial charge in [0.15, 0.2) is 29.2 Å². The third kappa shape index (κ3) is 11.0. The van der Waals surface area contributed by atoms with Gasteiger partial charge in [-0.05, 0) is 55.9 Å². The maximum absolute atomic E-state index is 15.2. The Hall–Kier alpha value is -4.13. The third-order valence-corrected chi connectivity index (χ3v) is 8.28. The number of likely N-dealkylation sites (tertiary alicyclic amines) is 1. The minimum Gasteiger partial charge on any atom is -0.490 e. The van der Waals surface area contributed by atoms with E-state index in [-0.39, 0.29) is 18.2 Å². The van der Waals surface area contributed by atoms with Crippen molar-refractivity contribution in [1.82, 2.24) is 9.80 Å². The van der Waals surface area contributed by atoms with Gasteiger partial charge >= 0.3 is 0 Å². The van der Waals surface area contributed by atoms with Crippen LogP contribution in [0.15, 0.2) is 54.0 Å². The molecule has 1 saturated heterocycles. The van der Waals surface area contributed by atoms with Crippen molar-refractivity contribution in [2.45, 2.75) is 38.5 Å². The lowest BCUT2D eigenvalue weighted by Crippen LogP contribution is -2.43. The van der Waals surface area contributed by atoms with E-state index in [0.29, 0.717) is 56.3 Å². The Kier molecular flexibility index (Phi) is 16.8. The normalized spacial score (nSPS) is 13.4. The Balaban J connectivity index is 0.00000376. The third-order valence-electron chi connectivity index (χ3n) is 7.50. The summed E-state index contributed by atoms with van der Waals surface area (Å²) in [4.78, 5) is 39.1. The van der Waals surface area contributed by atoms with E-state index in [0.717, 1.165) is 16.9 Å². The number of nitrogens with zero attached hydrogens (tertiary/aromatic N) is 3. The predicted octanol–water partition coefficient (Wildman–Crippen LogP) is 5.87. The number of halogens is 3. The molecule has 2 amide bonds. The van der Waals surface area contributed by atoms with Crippen LogP contribution in [0.3, 0.4) is 0 Å². The van der Waals surface area contributed by atoms with E-state index in [1.54, 1.807) is 49.0 Å².